The van der Waals surface area contributed by atoms with Gasteiger partial charge < -0.3 is 14.9 Å². The number of carboxylic acids is 2. The van der Waals surface area contributed by atoms with Crippen molar-refractivity contribution in [2.24, 2.45) is 5.92 Å². The highest BCUT2D eigenvalue weighted by atomic mass is 35.5. The number of fused-ring (bicyclic) bond motifs is 1. The number of rotatable bonds is 11. The molecule has 0 radical (unpaired) electrons. The second-order valence-corrected chi connectivity index (χ2v) is 9.47. The van der Waals surface area contributed by atoms with E-state index in [1.807, 2.05) is 49.6 Å². The highest BCUT2D eigenvalue weighted by Crippen LogP contribution is 2.29. The van der Waals surface area contributed by atoms with Crippen molar-refractivity contribution in [2.45, 2.75) is 45.4 Å². The van der Waals surface area contributed by atoms with Gasteiger partial charge in [-0.25, -0.2) is 0 Å². The molecule has 3 aromatic rings. The lowest BCUT2D eigenvalue weighted by atomic mass is 10.0. The third kappa shape index (κ3) is 6.45. The largest absolute Gasteiger partial charge is 0.489 e. The van der Waals surface area contributed by atoms with Gasteiger partial charge in [-0.2, -0.15) is 0 Å². The van der Waals surface area contributed by atoms with Crippen LogP contribution in [0.5, 0.6) is 5.75 Å². The van der Waals surface area contributed by atoms with E-state index < -0.39 is 24.0 Å². The number of hydrogen-bond acceptors (Lipinski definition) is 5. The highest BCUT2D eigenvalue weighted by molar-refractivity contribution is 7.17. The summed E-state index contributed by atoms with van der Waals surface area (Å²) >= 11 is 7.74. The van der Waals surface area contributed by atoms with Gasteiger partial charge in [0.1, 0.15) is 24.4 Å². The molecule has 0 bridgehead atoms. The Morgan fingerprint density at radius 2 is 1.84 bits per heavy atom. The fraction of sp³-hybridized carbons (Fsp3) is 0.333. The van der Waals surface area contributed by atoms with Crippen molar-refractivity contribution in [1.82, 2.24) is 5.32 Å². The molecule has 2 atom stereocenters. The van der Waals surface area contributed by atoms with Crippen LogP contribution in [0, 0.1) is 5.92 Å². The molecular formula is C24H26ClNO5S. The summed E-state index contributed by atoms with van der Waals surface area (Å²) in [4.78, 5) is 23.3. The summed E-state index contributed by atoms with van der Waals surface area (Å²) in [5.41, 5.74) is 1.77. The molecule has 0 aliphatic rings. The molecule has 1 heterocycles. The molecule has 170 valence electrons. The van der Waals surface area contributed by atoms with Crippen LogP contribution in [-0.4, -0.2) is 34.2 Å². The zero-order valence-corrected chi connectivity index (χ0v) is 19.4. The van der Waals surface area contributed by atoms with Crippen LogP contribution in [0.4, 0.5) is 0 Å². The van der Waals surface area contributed by atoms with Crippen LogP contribution in [0.2, 0.25) is 5.02 Å². The van der Waals surface area contributed by atoms with Gasteiger partial charge in [-0.05, 0) is 60.0 Å². The van der Waals surface area contributed by atoms with Crippen molar-refractivity contribution in [3.05, 3.63) is 64.0 Å². The molecule has 8 heteroatoms. The average Bonchev–Trinajstić information content (AvgIpc) is 3.13. The molecule has 32 heavy (non-hydrogen) atoms. The third-order valence-electron chi connectivity index (χ3n) is 5.05. The van der Waals surface area contributed by atoms with E-state index in [0.717, 1.165) is 21.2 Å². The minimum absolute atomic E-state index is 0.123. The van der Waals surface area contributed by atoms with Gasteiger partial charge in [-0.1, -0.05) is 37.6 Å². The van der Waals surface area contributed by atoms with Gasteiger partial charge in [0.25, 0.3) is 0 Å². The van der Waals surface area contributed by atoms with E-state index in [0.29, 0.717) is 23.8 Å². The van der Waals surface area contributed by atoms with Crippen molar-refractivity contribution in [2.75, 3.05) is 0 Å². The molecule has 0 spiro atoms. The van der Waals surface area contributed by atoms with E-state index in [1.165, 1.54) is 0 Å². The number of halogens is 1. The quantitative estimate of drug-likeness (QED) is 0.352. The van der Waals surface area contributed by atoms with Gasteiger partial charge in [-0.3, -0.25) is 14.9 Å². The molecule has 0 fully saturated rings. The first-order chi connectivity index (χ1) is 15.2. The average molecular weight is 476 g/mol. The Morgan fingerprint density at radius 1 is 1.09 bits per heavy atom. The van der Waals surface area contributed by atoms with Gasteiger partial charge in [0.05, 0.1) is 0 Å². The van der Waals surface area contributed by atoms with E-state index in [1.54, 1.807) is 23.5 Å². The highest BCUT2D eigenvalue weighted by Gasteiger charge is 2.26. The lowest BCUT2D eigenvalue weighted by Crippen LogP contribution is -2.48. The van der Waals surface area contributed by atoms with Gasteiger partial charge >= 0.3 is 11.9 Å². The number of ether oxygens (including phenoxy) is 1. The number of aliphatic carboxylic acids is 2. The predicted octanol–water partition coefficient (Wildman–Crippen LogP) is 5.22. The molecule has 0 aliphatic carbocycles. The van der Waals surface area contributed by atoms with Crippen LogP contribution < -0.4 is 10.1 Å². The maximum Gasteiger partial charge on any atom is 0.321 e. The molecule has 0 aliphatic heterocycles. The Bertz CT molecular complexity index is 1100. The summed E-state index contributed by atoms with van der Waals surface area (Å²) in [7, 11) is 0. The minimum atomic E-state index is -1.09. The molecule has 2 aromatic carbocycles. The molecule has 3 rings (SSSR count). The Morgan fingerprint density at radius 3 is 2.53 bits per heavy atom. The summed E-state index contributed by atoms with van der Waals surface area (Å²) in [5.74, 6) is -1.40. The number of thiophene rings is 1. The standard InChI is InChI=1S/C24H26ClNO5S/c1-14(2)8-20(23(27)28)26-21(24(29)30)10-15-4-3-5-18(9-15)31-12-16-13-32-22-7-6-17(25)11-19(16)22/h3-7,9,11,13-14,20-21,26H,8,10,12H2,1-2H3,(H,27,28)(H,29,30)/t20-,21?/m0/s1. The van der Waals surface area contributed by atoms with E-state index in [4.69, 9.17) is 16.3 Å². The molecular weight excluding hydrogens is 450 g/mol. The second kappa shape index (κ2) is 10.8. The van der Waals surface area contributed by atoms with E-state index >= 15 is 0 Å². The van der Waals surface area contributed by atoms with Crippen molar-refractivity contribution in [3.8, 4) is 5.75 Å². The summed E-state index contributed by atoms with van der Waals surface area (Å²) in [6, 6.07) is 11.0. The first kappa shape index (κ1) is 24.0. The summed E-state index contributed by atoms with van der Waals surface area (Å²) in [6.07, 6.45) is 0.492. The summed E-state index contributed by atoms with van der Waals surface area (Å²) in [6.45, 7) is 4.16. The van der Waals surface area contributed by atoms with Crippen LogP contribution in [0.3, 0.4) is 0 Å². The smallest absolute Gasteiger partial charge is 0.321 e. The molecule has 1 aromatic heterocycles. The second-order valence-electron chi connectivity index (χ2n) is 8.12. The number of nitrogens with one attached hydrogen (secondary N) is 1. The normalized spacial score (nSPS) is 13.2. The summed E-state index contributed by atoms with van der Waals surface area (Å²) < 4.78 is 7.09. The lowest BCUT2D eigenvalue weighted by Gasteiger charge is -2.22. The fourth-order valence-electron chi connectivity index (χ4n) is 3.50. The van der Waals surface area contributed by atoms with Gasteiger partial charge in [0, 0.05) is 20.7 Å². The van der Waals surface area contributed by atoms with Gasteiger partial charge in [-0.15, -0.1) is 11.3 Å². The summed E-state index contributed by atoms with van der Waals surface area (Å²) in [5, 5.41) is 25.6. The van der Waals surface area contributed by atoms with E-state index in [2.05, 4.69) is 5.32 Å². The zero-order valence-electron chi connectivity index (χ0n) is 17.9. The molecule has 0 saturated carbocycles. The van der Waals surface area contributed by atoms with Crippen LogP contribution in [0.1, 0.15) is 31.4 Å². The van der Waals surface area contributed by atoms with Crippen molar-refractivity contribution >= 4 is 45.0 Å². The Kier molecular flexibility index (Phi) is 8.12. The first-order valence-corrected chi connectivity index (χ1v) is 11.6. The van der Waals surface area contributed by atoms with E-state index in [-0.39, 0.29) is 12.3 Å². The zero-order chi connectivity index (χ0) is 23.3. The lowest BCUT2D eigenvalue weighted by molar-refractivity contribution is -0.142. The molecule has 1 unspecified atom stereocenters. The minimum Gasteiger partial charge on any atom is -0.489 e. The monoisotopic (exact) mass is 475 g/mol. The van der Waals surface area contributed by atoms with Gasteiger partial charge in [0.15, 0.2) is 0 Å². The molecule has 0 saturated heterocycles. The van der Waals surface area contributed by atoms with Crippen LogP contribution in [-0.2, 0) is 22.6 Å². The molecule has 6 nitrogen and oxygen atoms in total. The Hall–Kier alpha value is -2.61. The van der Waals surface area contributed by atoms with Crippen molar-refractivity contribution < 1.29 is 24.5 Å². The first-order valence-electron chi connectivity index (χ1n) is 10.3. The molecule has 0 amide bonds. The van der Waals surface area contributed by atoms with Crippen molar-refractivity contribution in [1.29, 1.82) is 0 Å². The Balaban J connectivity index is 1.69. The van der Waals surface area contributed by atoms with Crippen LogP contribution in [0.15, 0.2) is 47.8 Å². The Labute approximate surface area is 195 Å². The van der Waals surface area contributed by atoms with Crippen LogP contribution in [0.25, 0.3) is 10.1 Å². The van der Waals surface area contributed by atoms with E-state index in [9.17, 15) is 19.8 Å². The third-order valence-corrected chi connectivity index (χ3v) is 6.30. The topological polar surface area (TPSA) is 95.9 Å². The van der Waals surface area contributed by atoms with Crippen molar-refractivity contribution in [3.63, 3.8) is 0 Å². The number of carbonyl (C=O) groups is 2. The maximum atomic E-state index is 11.8. The predicted molar refractivity (Wildman–Crippen MR) is 127 cm³/mol. The SMILES string of the molecule is CC(C)C[C@H](NC(Cc1cccc(OCc2csc3ccc(Cl)cc23)c1)C(=O)O)C(=O)O. The number of hydrogen-bond donors (Lipinski definition) is 3. The fourth-order valence-corrected chi connectivity index (χ4v) is 4.60. The number of carboxylic acid groups (broad SMARTS) is 2. The van der Waals surface area contributed by atoms with Crippen LogP contribution >= 0.6 is 22.9 Å². The van der Waals surface area contributed by atoms with Gasteiger partial charge in [0.2, 0.25) is 0 Å². The number of benzene rings is 2. The maximum absolute atomic E-state index is 11.8. The molecule has 3 N–H and O–H groups in total.